The zero-order valence-electron chi connectivity index (χ0n) is 25.2. The van der Waals surface area contributed by atoms with Crippen LogP contribution < -0.4 is 0 Å². The van der Waals surface area contributed by atoms with Crippen LogP contribution in [0.2, 0.25) is 0 Å². The minimum Gasteiger partial charge on any atom is -0.296 e. The number of alkyl halides is 14. The zero-order chi connectivity index (χ0) is 38.6. The van der Waals surface area contributed by atoms with Gasteiger partial charge in [-0.1, -0.05) is 12.1 Å². The Morgan fingerprint density at radius 3 is 1.17 bits per heavy atom. The molecule has 280 valence electrons. The molecule has 0 saturated carbocycles. The first-order valence-corrected chi connectivity index (χ1v) is 17.3. The van der Waals surface area contributed by atoms with Crippen LogP contribution in [0.5, 0.6) is 0 Å². The fourth-order valence-electron chi connectivity index (χ4n) is 5.31. The van der Waals surface area contributed by atoms with E-state index in [1.54, 1.807) is 34.7 Å². The van der Waals surface area contributed by atoms with Crippen LogP contribution in [0, 0.1) is 0 Å². The summed E-state index contributed by atoms with van der Waals surface area (Å²) in [6.07, 6.45) is -14.9. The van der Waals surface area contributed by atoms with E-state index in [9.17, 15) is 86.7 Å². The van der Waals surface area contributed by atoms with Crippen molar-refractivity contribution >= 4 is 29.5 Å². The van der Waals surface area contributed by atoms with Crippen molar-refractivity contribution in [3.63, 3.8) is 0 Å². The van der Waals surface area contributed by atoms with E-state index in [1.165, 1.54) is 0 Å². The molecule has 1 aromatic rings. The van der Waals surface area contributed by atoms with Gasteiger partial charge in [-0.05, 0) is 78.1 Å². The van der Waals surface area contributed by atoms with Gasteiger partial charge in [0.15, 0.2) is 0 Å². The van der Waals surface area contributed by atoms with Crippen LogP contribution in [-0.4, -0.2) is 86.4 Å². The number of sulfone groups is 3. The lowest BCUT2D eigenvalue weighted by molar-refractivity contribution is -0.332. The lowest BCUT2D eigenvalue weighted by atomic mass is 9.72. The predicted molar refractivity (Wildman–Crippen MR) is 140 cm³/mol. The van der Waals surface area contributed by atoms with Crippen LogP contribution >= 0.6 is 0 Å². The molecule has 0 spiro atoms. The summed E-state index contributed by atoms with van der Waals surface area (Å²) in [7, 11) is -23.7. The van der Waals surface area contributed by atoms with E-state index >= 15 is 0 Å². The summed E-state index contributed by atoms with van der Waals surface area (Å²) in [5.41, 5.74) is -1.08. The summed E-state index contributed by atoms with van der Waals surface area (Å²) in [5.74, 6) is -16.6. The topological polar surface area (TPSA) is 106 Å². The normalized spacial score (nSPS) is 20.2. The first kappa shape index (κ1) is 42.2. The van der Waals surface area contributed by atoms with Crippen molar-refractivity contribution < 1.29 is 86.7 Å². The third-order valence-corrected chi connectivity index (χ3v) is 18.2. The van der Waals surface area contributed by atoms with Crippen LogP contribution in [0.3, 0.4) is 0 Å². The fourth-order valence-corrected chi connectivity index (χ4v) is 13.4. The van der Waals surface area contributed by atoms with Crippen LogP contribution in [0.4, 0.5) is 61.5 Å². The molecule has 0 radical (unpaired) electrons. The number of rotatable bonds is 9. The van der Waals surface area contributed by atoms with Crippen molar-refractivity contribution in [2.45, 2.75) is 107 Å². The van der Waals surface area contributed by atoms with Crippen molar-refractivity contribution in [1.82, 2.24) is 4.90 Å². The van der Waals surface area contributed by atoms with E-state index in [0.717, 1.165) is 0 Å². The average Bonchev–Trinajstić information content (AvgIpc) is 2.88. The summed E-state index contributed by atoms with van der Waals surface area (Å²) < 4.78 is 263. The minimum absolute atomic E-state index is 0.104. The smallest absolute Gasteiger partial charge is 0.296 e. The van der Waals surface area contributed by atoms with Gasteiger partial charge < -0.3 is 0 Å². The number of nitrogens with zero attached hydrogens (tertiary/aromatic N) is 1. The molecule has 0 amide bonds. The first-order chi connectivity index (χ1) is 20.7. The van der Waals surface area contributed by atoms with E-state index in [-0.39, 0.29) is 30.5 Å². The quantitative estimate of drug-likeness (QED) is 0.251. The van der Waals surface area contributed by atoms with Crippen molar-refractivity contribution in [3.05, 3.63) is 29.8 Å². The molecule has 0 aliphatic carbocycles. The standard InChI is InChI=1S/C24H27F14NO6S3/c1-16(2)11-14(12-17(3,4)39(16)6)13-7-9-15(10-8-13)46(40,41)18(5,47(42,43)23(35,36)19(25,26)21(29,30)31)48(44,45)24(37,38)20(27,28)22(32,33)34/h7-10,14H,11-12H2,1-6H3. The fraction of sp³-hybridized carbons (Fsp3) is 0.750. The summed E-state index contributed by atoms with van der Waals surface area (Å²) in [5, 5.41) is -16.2. The van der Waals surface area contributed by atoms with Gasteiger partial charge in [0, 0.05) is 11.1 Å². The summed E-state index contributed by atoms with van der Waals surface area (Å²) in [6, 6.07) is 1.62. The van der Waals surface area contributed by atoms with Gasteiger partial charge in [0.25, 0.3) is 23.1 Å². The molecule has 1 aromatic carbocycles. The largest absolute Gasteiger partial charge is 0.461 e. The Balaban J connectivity index is 3.04. The minimum atomic E-state index is -9.03. The summed E-state index contributed by atoms with van der Waals surface area (Å²) in [6.45, 7) is 5.66. The van der Waals surface area contributed by atoms with Crippen LogP contribution in [0.1, 0.15) is 58.9 Å². The molecule has 1 fully saturated rings. The molecule has 24 heteroatoms. The number of hydrogen-bond donors (Lipinski definition) is 0. The van der Waals surface area contributed by atoms with Crippen LogP contribution in [0.25, 0.3) is 0 Å². The van der Waals surface area contributed by atoms with Gasteiger partial charge in [0.1, 0.15) is 0 Å². The number of likely N-dealkylation sites (tertiary alicyclic amines) is 1. The number of benzene rings is 1. The van der Waals surface area contributed by atoms with Crippen molar-refractivity contribution in [3.8, 4) is 0 Å². The molecule has 0 unspecified atom stereocenters. The van der Waals surface area contributed by atoms with Gasteiger partial charge in [-0.25, -0.2) is 25.3 Å². The molecule has 0 aromatic heterocycles. The van der Waals surface area contributed by atoms with E-state index < -0.39 is 96.4 Å². The zero-order valence-corrected chi connectivity index (χ0v) is 27.7. The van der Waals surface area contributed by atoms with E-state index in [4.69, 9.17) is 0 Å². The van der Waals surface area contributed by atoms with E-state index in [2.05, 4.69) is 0 Å². The second-order valence-electron chi connectivity index (χ2n) is 12.4. The third kappa shape index (κ3) is 5.57. The molecule has 7 nitrogen and oxygen atoms in total. The lowest BCUT2D eigenvalue weighted by Gasteiger charge is -2.54. The molecule has 48 heavy (non-hydrogen) atoms. The van der Waals surface area contributed by atoms with E-state index in [1.807, 2.05) is 4.90 Å². The van der Waals surface area contributed by atoms with Crippen LogP contribution in [-0.2, 0) is 29.5 Å². The van der Waals surface area contributed by atoms with Gasteiger partial charge in [-0.2, -0.15) is 61.5 Å². The Hall–Kier alpha value is -1.95. The van der Waals surface area contributed by atoms with Gasteiger partial charge in [0.05, 0.1) is 4.90 Å². The predicted octanol–water partition coefficient (Wildman–Crippen LogP) is 6.91. The monoisotopic (exact) mass is 787 g/mol. The Morgan fingerprint density at radius 1 is 0.604 bits per heavy atom. The van der Waals surface area contributed by atoms with Crippen molar-refractivity contribution in [1.29, 1.82) is 0 Å². The molecule has 1 saturated heterocycles. The maximum absolute atomic E-state index is 14.7. The number of hydrogen-bond acceptors (Lipinski definition) is 7. The molecule has 1 aliphatic heterocycles. The lowest BCUT2D eigenvalue weighted by Crippen LogP contribution is -2.69. The number of piperidine rings is 1. The Morgan fingerprint density at radius 2 is 0.896 bits per heavy atom. The Kier molecular flexibility index (Phi) is 9.92. The van der Waals surface area contributed by atoms with Gasteiger partial charge in [0.2, 0.25) is 9.84 Å². The van der Waals surface area contributed by atoms with Crippen molar-refractivity contribution in [2.75, 3.05) is 7.05 Å². The molecule has 1 aliphatic rings. The molecule has 1 heterocycles. The molecular formula is C24H27F14NO6S3. The number of halogens is 14. The summed E-state index contributed by atoms with van der Waals surface area (Å²) >= 11 is 0. The molecule has 0 atom stereocenters. The molecule has 2 rings (SSSR count). The second kappa shape index (κ2) is 11.3. The maximum atomic E-state index is 14.7. The summed E-state index contributed by atoms with van der Waals surface area (Å²) in [4.78, 5) is -0.0887. The third-order valence-electron chi connectivity index (χ3n) is 8.55. The molecule has 0 N–H and O–H groups in total. The SMILES string of the molecule is CN1C(C)(C)CC(c2ccc(S(=O)(=O)C(C)(S(=O)(=O)C(F)(F)C(F)(F)C(F)(F)F)S(=O)(=O)C(F)(F)C(F)(F)C(F)(F)F)cc2)CC1(C)C. The first-order valence-electron chi connectivity index (χ1n) is 12.9. The Bertz CT molecular complexity index is 1650. The van der Waals surface area contributed by atoms with Gasteiger partial charge >= 0.3 is 34.7 Å². The van der Waals surface area contributed by atoms with Gasteiger partial charge in [-0.15, -0.1) is 0 Å². The van der Waals surface area contributed by atoms with Crippen LogP contribution in [0.15, 0.2) is 29.2 Å². The highest BCUT2D eigenvalue weighted by Gasteiger charge is 2.89. The van der Waals surface area contributed by atoms with Crippen molar-refractivity contribution in [2.24, 2.45) is 0 Å². The molecular weight excluding hydrogens is 760 g/mol. The second-order valence-corrected chi connectivity index (χ2v) is 20.2. The Labute approximate surface area is 265 Å². The highest BCUT2D eigenvalue weighted by atomic mass is 32.3. The average molecular weight is 788 g/mol. The molecule has 0 bridgehead atoms. The van der Waals surface area contributed by atoms with E-state index in [0.29, 0.717) is 12.1 Å². The highest BCUT2D eigenvalue weighted by Crippen LogP contribution is 2.59. The maximum Gasteiger partial charge on any atom is 0.461 e. The highest BCUT2D eigenvalue weighted by molar-refractivity contribution is 8.26. The van der Waals surface area contributed by atoms with Gasteiger partial charge in [-0.3, -0.25) is 4.90 Å².